The fourth-order valence-corrected chi connectivity index (χ4v) is 2.75. The Balaban J connectivity index is 1.46. The third kappa shape index (κ3) is 4.77. The fraction of sp³-hybridized carbons (Fsp3) is 0.333. The molecule has 0 unspecified atom stereocenters. The molecule has 0 atom stereocenters. The molecule has 0 amide bonds. The lowest BCUT2D eigenvalue weighted by molar-refractivity contribution is 0.299. The molecule has 0 aromatic heterocycles. The molecule has 0 aliphatic carbocycles. The Morgan fingerprint density at radius 1 is 1.17 bits per heavy atom. The molecule has 5 heteroatoms. The molecule has 23 heavy (non-hydrogen) atoms. The Morgan fingerprint density at radius 2 is 1.96 bits per heavy atom. The van der Waals surface area contributed by atoms with Gasteiger partial charge in [-0.3, -0.25) is 0 Å². The minimum absolute atomic E-state index is 0.228. The maximum Gasteiger partial charge on any atom is 0.130 e. The maximum atomic E-state index is 13.7. The summed E-state index contributed by atoms with van der Waals surface area (Å²) in [5.74, 6) is 1.25. The van der Waals surface area contributed by atoms with E-state index >= 15 is 0 Å². The number of hydrogen-bond donors (Lipinski definition) is 2. The van der Waals surface area contributed by atoms with Crippen LogP contribution in [-0.2, 0) is 13.2 Å². The van der Waals surface area contributed by atoms with Crippen LogP contribution >= 0.6 is 15.9 Å². The Hall–Kier alpha value is -1.43. The van der Waals surface area contributed by atoms with Crippen molar-refractivity contribution < 1.29 is 9.13 Å². The number of hydrogen-bond acceptors (Lipinski definition) is 3. The molecule has 0 spiro atoms. The van der Waals surface area contributed by atoms with Crippen LogP contribution in [-0.4, -0.2) is 19.6 Å². The first-order valence-corrected chi connectivity index (χ1v) is 8.57. The first-order chi connectivity index (χ1) is 11.2. The quantitative estimate of drug-likeness (QED) is 0.773. The molecule has 2 aromatic carbocycles. The molecule has 1 fully saturated rings. The Kier molecular flexibility index (Phi) is 5.65. The van der Waals surface area contributed by atoms with E-state index in [4.69, 9.17) is 4.74 Å². The van der Waals surface area contributed by atoms with Crippen molar-refractivity contribution in [2.24, 2.45) is 5.92 Å². The molecule has 3 nitrogen and oxygen atoms in total. The van der Waals surface area contributed by atoms with Crippen LogP contribution in [0.3, 0.4) is 0 Å². The highest BCUT2D eigenvalue weighted by Gasteiger charge is 2.15. The van der Waals surface area contributed by atoms with E-state index in [9.17, 15) is 4.39 Å². The van der Waals surface area contributed by atoms with E-state index < -0.39 is 0 Å². The molecule has 0 bridgehead atoms. The van der Waals surface area contributed by atoms with Crippen molar-refractivity contribution in [2.45, 2.75) is 13.2 Å². The standard InChI is InChI=1S/C18H20BrFN2O/c19-16-4-3-15(18(20)7-16)12-23-17-5-1-13(2-6-17)8-21-9-14-10-22-11-14/h1-7,14,21-22H,8-12H2. The van der Waals surface area contributed by atoms with Crippen LogP contribution in [0.2, 0.25) is 0 Å². The van der Waals surface area contributed by atoms with E-state index in [1.807, 2.05) is 30.3 Å². The average Bonchev–Trinajstić information content (AvgIpc) is 2.50. The van der Waals surface area contributed by atoms with Gasteiger partial charge < -0.3 is 15.4 Å². The summed E-state index contributed by atoms with van der Waals surface area (Å²) in [7, 11) is 0. The molecule has 2 aromatic rings. The molecule has 1 aliphatic heterocycles. The zero-order valence-corrected chi connectivity index (χ0v) is 14.4. The van der Waals surface area contributed by atoms with Gasteiger partial charge in [-0.15, -0.1) is 0 Å². The van der Waals surface area contributed by atoms with E-state index in [1.54, 1.807) is 6.07 Å². The van der Waals surface area contributed by atoms with Gasteiger partial charge in [0.15, 0.2) is 0 Å². The van der Waals surface area contributed by atoms with Gasteiger partial charge >= 0.3 is 0 Å². The molecule has 2 N–H and O–H groups in total. The Morgan fingerprint density at radius 3 is 2.61 bits per heavy atom. The summed E-state index contributed by atoms with van der Waals surface area (Å²) in [5, 5.41) is 6.72. The van der Waals surface area contributed by atoms with Crippen molar-refractivity contribution in [3.8, 4) is 5.75 Å². The first-order valence-electron chi connectivity index (χ1n) is 7.78. The topological polar surface area (TPSA) is 33.3 Å². The molecule has 1 saturated heterocycles. The van der Waals surface area contributed by atoms with E-state index in [0.717, 1.165) is 42.3 Å². The summed E-state index contributed by atoms with van der Waals surface area (Å²) in [5.41, 5.74) is 1.77. The lowest BCUT2D eigenvalue weighted by Crippen LogP contribution is -2.47. The minimum Gasteiger partial charge on any atom is -0.489 e. The second kappa shape index (κ2) is 7.90. The summed E-state index contributed by atoms with van der Waals surface area (Å²) < 4.78 is 20.1. The van der Waals surface area contributed by atoms with Gasteiger partial charge in [-0.25, -0.2) is 4.39 Å². The van der Waals surface area contributed by atoms with E-state index in [-0.39, 0.29) is 12.4 Å². The summed E-state index contributed by atoms with van der Waals surface area (Å²) >= 11 is 3.25. The highest BCUT2D eigenvalue weighted by molar-refractivity contribution is 9.10. The fourth-order valence-electron chi connectivity index (χ4n) is 2.42. The Bertz CT molecular complexity index is 644. The third-order valence-electron chi connectivity index (χ3n) is 3.96. The minimum atomic E-state index is -0.259. The van der Waals surface area contributed by atoms with Crippen molar-refractivity contribution >= 4 is 15.9 Å². The second-order valence-electron chi connectivity index (χ2n) is 5.82. The van der Waals surface area contributed by atoms with E-state index in [1.165, 1.54) is 11.6 Å². The number of halogens is 2. The third-order valence-corrected chi connectivity index (χ3v) is 4.45. The highest BCUT2D eigenvalue weighted by atomic mass is 79.9. The molecule has 0 radical (unpaired) electrons. The van der Waals surface area contributed by atoms with Gasteiger partial charge in [0.1, 0.15) is 18.2 Å². The summed E-state index contributed by atoms with van der Waals surface area (Å²) in [6.07, 6.45) is 0. The molecule has 1 aliphatic rings. The summed E-state index contributed by atoms with van der Waals surface area (Å²) in [6, 6.07) is 12.9. The molecule has 1 heterocycles. The number of benzene rings is 2. The van der Waals surface area contributed by atoms with Crippen molar-refractivity contribution in [1.29, 1.82) is 0 Å². The molecular weight excluding hydrogens is 359 g/mol. The average molecular weight is 379 g/mol. The smallest absolute Gasteiger partial charge is 0.130 e. The van der Waals surface area contributed by atoms with Crippen LogP contribution in [0.5, 0.6) is 5.75 Å². The van der Waals surface area contributed by atoms with Crippen molar-refractivity contribution in [1.82, 2.24) is 10.6 Å². The van der Waals surface area contributed by atoms with E-state index in [0.29, 0.717) is 5.56 Å². The van der Waals surface area contributed by atoms with Crippen LogP contribution in [0.25, 0.3) is 0 Å². The second-order valence-corrected chi connectivity index (χ2v) is 6.74. The van der Waals surface area contributed by atoms with Gasteiger partial charge in [-0.1, -0.05) is 34.1 Å². The molecular formula is C18H20BrFN2O. The molecule has 3 rings (SSSR count). The SMILES string of the molecule is Fc1cc(Br)ccc1COc1ccc(CNCC2CNC2)cc1. The number of ether oxygens (including phenoxy) is 1. The molecule has 0 saturated carbocycles. The van der Waals surface area contributed by atoms with Crippen LogP contribution in [0.4, 0.5) is 4.39 Å². The number of nitrogens with one attached hydrogen (secondary N) is 2. The largest absolute Gasteiger partial charge is 0.489 e. The van der Waals surface area contributed by atoms with Gasteiger partial charge in [0.05, 0.1) is 0 Å². The van der Waals surface area contributed by atoms with Gasteiger partial charge in [0.2, 0.25) is 0 Å². The van der Waals surface area contributed by atoms with Crippen LogP contribution in [0.15, 0.2) is 46.9 Å². The van der Waals surface area contributed by atoms with Crippen LogP contribution in [0, 0.1) is 11.7 Å². The predicted octanol–water partition coefficient (Wildman–Crippen LogP) is 3.48. The first kappa shape index (κ1) is 16.4. The zero-order chi connectivity index (χ0) is 16.1. The van der Waals surface area contributed by atoms with Crippen molar-refractivity contribution in [3.05, 3.63) is 63.9 Å². The van der Waals surface area contributed by atoms with Gasteiger partial charge in [-0.2, -0.15) is 0 Å². The van der Waals surface area contributed by atoms with Crippen molar-refractivity contribution in [2.75, 3.05) is 19.6 Å². The van der Waals surface area contributed by atoms with Crippen molar-refractivity contribution in [3.63, 3.8) is 0 Å². The van der Waals surface area contributed by atoms with Crippen LogP contribution < -0.4 is 15.4 Å². The van der Waals surface area contributed by atoms with Crippen LogP contribution in [0.1, 0.15) is 11.1 Å². The monoisotopic (exact) mass is 378 g/mol. The zero-order valence-electron chi connectivity index (χ0n) is 12.8. The summed E-state index contributed by atoms with van der Waals surface area (Å²) in [6.45, 7) is 4.37. The molecule has 122 valence electrons. The van der Waals surface area contributed by atoms with Gasteiger partial charge in [0.25, 0.3) is 0 Å². The number of rotatable bonds is 7. The lowest BCUT2D eigenvalue weighted by Gasteiger charge is -2.27. The maximum absolute atomic E-state index is 13.7. The summed E-state index contributed by atoms with van der Waals surface area (Å²) in [4.78, 5) is 0. The highest BCUT2D eigenvalue weighted by Crippen LogP contribution is 2.18. The van der Waals surface area contributed by atoms with Gasteiger partial charge in [-0.05, 0) is 35.7 Å². The normalized spacial score (nSPS) is 14.5. The van der Waals surface area contributed by atoms with Gasteiger partial charge in [0, 0.05) is 36.2 Å². The van der Waals surface area contributed by atoms with E-state index in [2.05, 4.69) is 26.6 Å². The predicted molar refractivity (Wildman–Crippen MR) is 92.9 cm³/mol. The Labute approximate surface area is 144 Å². The lowest BCUT2D eigenvalue weighted by atomic mass is 10.0.